The van der Waals surface area contributed by atoms with Gasteiger partial charge in [-0.2, -0.15) is 0 Å². The lowest BCUT2D eigenvalue weighted by Crippen LogP contribution is -2.17. The number of thioether (sulfide) groups is 1. The van der Waals surface area contributed by atoms with Gasteiger partial charge >= 0.3 is 0 Å². The molecule has 0 atom stereocenters. The molecule has 142 valence electrons. The summed E-state index contributed by atoms with van der Waals surface area (Å²) < 4.78 is 7.33. The zero-order chi connectivity index (χ0) is 19.5. The number of benzene rings is 1. The van der Waals surface area contributed by atoms with E-state index < -0.39 is 0 Å². The summed E-state index contributed by atoms with van der Waals surface area (Å²) in [6, 6.07) is 5.44. The Balaban J connectivity index is 2.50. The molecule has 1 rings (SSSR count). The predicted octanol–water partition coefficient (Wildman–Crippen LogP) is 4.50. The fourth-order valence-electron chi connectivity index (χ4n) is 1.97. The molecule has 1 aromatic carbocycles. The van der Waals surface area contributed by atoms with Gasteiger partial charge in [-0.05, 0) is 52.7 Å². The summed E-state index contributed by atoms with van der Waals surface area (Å²) in [6.07, 6.45) is 5.27. The first-order valence-electron chi connectivity index (χ1n) is 7.86. The number of ether oxygens (including phenoxy) is 1. The third kappa shape index (κ3) is 7.80. The first-order valence-corrected chi connectivity index (χ1v) is 10.3. The van der Waals surface area contributed by atoms with E-state index in [1.807, 2.05) is 12.3 Å². The first kappa shape index (κ1) is 22.5. The van der Waals surface area contributed by atoms with E-state index in [4.69, 9.17) is 22.1 Å². The first-order chi connectivity index (χ1) is 12.4. The molecule has 9 heteroatoms. The molecule has 0 radical (unpaired) electrons. The molecule has 6 nitrogen and oxygen atoms in total. The van der Waals surface area contributed by atoms with Crippen LogP contribution in [0.4, 0.5) is 5.69 Å². The van der Waals surface area contributed by atoms with Crippen LogP contribution in [-0.4, -0.2) is 36.5 Å². The zero-order valence-electron chi connectivity index (χ0n) is 14.8. The fourth-order valence-corrected chi connectivity index (χ4v) is 2.81. The molecule has 0 saturated heterocycles. The molecule has 0 aliphatic rings. The van der Waals surface area contributed by atoms with Gasteiger partial charge in [-0.3, -0.25) is 0 Å². The highest BCUT2D eigenvalue weighted by Crippen LogP contribution is 2.31. The monoisotopic (exact) mass is 461 g/mol. The van der Waals surface area contributed by atoms with Crippen molar-refractivity contribution in [1.29, 1.82) is 0 Å². The van der Waals surface area contributed by atoms with Crippen LogP contribution in [0.15, 0.2) is 51.0 Å². The van der Waals surface area contributed by atoms with Crippen molar-refractivity contribution in [2.75, 3.05) is 26.5 Å². The number of allylic oxidation sites excluding steroid dienone is 2. The summed E-state index contributed by atoms with van der Waals surface area (Å²) >= 11 is 10.5. The molecule has 26 heavy (non-hydrogen) atoms. The Morgan fingerprint density at radius 2 is 2.27 bits per heavy atom. The highest BCUT2D eigenvalue weighted by molar-refractivity contribution is 9.11. The second-order valence-corrected chi connectivity index (χ2v) is 7.24. The Morgan fingerprint density at radius 3 is 2.85 bits per heavy atom. The Kier molecular flexibility index (Phi) is 10.4. The van der Waals surface area contributed by atoms with Crippen LogP contribution >= 0.6 is 39.3 Å². The lowest BCUT2D eigenvalue weighted by atomic mass is 10.3. The molecule has 0 saturated carbocycles. The number of halogens is 2. The third-order valence-electron chi connectivity index (χ3n) is 3.26. The molecular formula is C17H23BrClN4O2S+. The maximum atomic E-state index is 11.4. The highest BCUT2D eigenvalue weighted by atomic mass is 79.9. The normalized spacial score (nSPS) is 12.4. The Morgan fingerprint density at radius 1 is 1.54 bits per heavy atom. The minimum absolute atomic E-state index is 0.0533. The molecule has 3 N–H and O–H groups in total. The molecular weight excluding hydrogens is 440 g/mol. The molecule has 0 heterocycles. The molecule has 0 aromatic heterocycles. The van der Waals surface area contributed by atoms with Crippen molar-refractivity contribution in [2.24, 2.45) is 10.7 Å². The number of nitroso groups, excluding NO2 is 1. The topological polar surface area (TPSA) is 79.7 Å². The second-order valence-electron chi connectivity index (χ2n) is 5.15. The number of nitrogens with zero attached hydrogens (tertiary/aromatic N) is 2. The third-order valence-corrected chi connectivity index (χ3v) is 4.82. The molecule has 0 amide bonds. The summed E-state index contributed by atoms with van der Waals surface area (Å²) in [7, 11) is 1.46. The van der Waals surface area contributed by atoms with Crippen molar-refractivity contribution in [1.82, 2.24) is 5.32 Å². The number of hydrogen-bond acceptors (Lipinski definition) is 5. The van der Waals surface area contributed by atoms with Crippen LogP contribution in [0.2, 0.25) is 0 Å². The molecule has 1 aromatic rings. The largest absolute Gasteiger partial charge is 0.492 e. The van der Waals surface area contributed by atoms with Gasteiger partial charge in [-0.25, -0.2) is 4.99 Å². The summed E-state index contributed by atoms with van der Waals surface area (Å²) in [5.74, 6) is 1.25. The lowest BCUT2D eigenvalue weighted by Gasteiger charge is -2.11. The van der Waals surface area contributed by atoms with Crippen molar-refractivity contribution in [3.63, 3.8) is 0 Å². The summed E-state index contributed by atoms with van der Waals surface area (Å²) in [6.45, 7) is 4.89. The van der Waals surface area contributed by atoms with E-state index in [1.54, 1.807) is 30.0 Å². The number of aliphatic imine (C=N–C) groups is 1. The van der Waals surface area contributed by atoms with Crippen LogP contribution in [0.25, 0.3) is 0 Å². The van der Waals surface area contributed by atoms with E-state index in [-0.39, 0.29) is 5.29 Å². The van der Waals surface area contributed by atoms with Crippen molar-refractivity contribution < 1.29 is 9.50 Å². The van der Waals surface area contributed by atoms with Crippen LogP contribution < -0.4 is 15.8 Å². The van der Waals surface area contributed by atoms with Crippen LogP contribution in [0.1, 0.15) is 12.8 Å². The number of nitrogens with two attached hydrogens (primary N) is 1. The van der Waals surface area contributed by atoms with Gasteiger partial charge in [-0.1, -0.05) is 12.7 Å². The lowest BCUT2D eigenvalue weighted by molar-refractivity contribution is -0.428. The number of nitrogens with one attached hydrogen (secondary N) is 1. The smallest absolute Gasteiger partial charge is 0.259 e. The fraction of sp³-hybridized carbons (Fsp3) is 0.353. The van der Waals surface area contributed by atoms with Gasteiger partial charge in [0.05, 0.1) is 17.2 Å². The van der Waals surface area contributed by atoms with Gasteiger partial charge in [0.1, 0.15) is 11.6 Å². The molecule has 0 bridgehead atoms. The molecule has 0 aliphatic heterocycles. The highest BCUT2D eigenvalue weighted by Gasteiger charge is 2.12. The maximum absolute atomic E-state index is 11.4. The van der Waals surface area contributed by atoms with E-state index >= 15 is 0 Å². The van der Waals surface area contributed by atoms with Gasteiger partial charge in [0, 0.05) is 27.2 Å². The number of hydrogen-bond donors (Lipinski definition) is 2. The van der Waals surface area contributed by atoms with E-state index in [1.165, 1.54) is 7.05 Å². The molecule has 0 spiro atoms. The standard InChI is InChI=1S/C17H23BrClN4O2S/c1-4-13(18)16(22-17(19)20)21-9-5-6-10-25-14-11-12(23(2)24)7-8-15(14)26-3/h4,7-8,11,21H,1,5-6,9-10H2,2-3H3,(H2,20,22)/q+1/b16-13+. The molecule has 0 unspecified atom stereocenters. The van der Waals surface area contributed by atoms with Crippen LogP contribution in [0, 0.1) is 4.91 Å². The van der Waals surface area contributed by atoms with E-state index in [9.17, 15) is 4.91 Å². The number of rotatable bonds is 11. The van der Waals surface area contributed by atoms with Crippen LogP contribution in [-0.2, 0) is 0 Å². The predicted molar refractivity (Wildman–Crippen MR) is 114 cm³/mol. The van der Waals surface area contributed by atoms with E-state index in [0.29, 0.717) is 29.1 Å². The minimum Gasteiger partial charge on any atom is -0.492 e. The number of amidine groups is 1. The Hall–Kier alpha value is -1.51. The second kappa shape index (κ2) is 12.0. The molecule has 0 aliphatic carbocycles. The van der Waals surface area contributed by atoms with Crippen molar-refractivity contribution in [2.45, 2.75) is 17.7 Å². The zero-order valence-corrected chi connectivity index (χ0v) is 18.0. The van der Waals surface area contributed by atoms with Gasteiger partial charge in [0.2, 0.25) is 0 Å². The Bertz CT molecular complexity index is 706. The van der Waals surface area contributed by atoms with E-state index in [2.05, 4.69) is 32.8 Å². The number of unbranched alkanes of at least 4 members (excludes halogenated alkanes) is 1. The minimum atomic E-state index is -0.0533. The van der Waals surface area contributed by atoms with Gasteiger partial charge in [-0.15, -0.1) is 11.8 Å². The van der Waals surface area contributed by atoms with Crippen molar-refractivity contribution >= 4 is 50.3 Å². The van der Waals surface area contributed by atoms with Crippen molar-refractivity contribution in [3.8, 4) is 5.75 Å². The van der Waals surface area contributed by atoms with Gasteiger partial charge < -0.3 is 15.8 Å². The summed E-state index contributed by atoms with van der Waals surface area (Å²) in [5, 5.41) is 3.10. The maximum Gasteiger partial charge on any atom is 0.259 e. The van der Waals surface area contributed by atoms with Gasteiger partial charge in [0.25, 0.3) is 5.69 Å². The quantitative estimate of drug-likeness (QED) is 0.0962. The van der Waals surface area contributed by atoms with Crippen molar-refractivity contribution in [3.05, 3.63) is 46.1 Å². The summed E-state index contributed by atoms with van der Waals surface area (Å²) in [4.78, 5) is 16.4. The van der Waals surface area contributed by atoms with Crippen LogP contribution in [0.5, 0.6) is 5.75 Å². The van der Waals surface area contributed by atoms with Crippen LogP contribution in [0.3, 0.4) is 0 Å². The average molecular weight is 463 g/mol. The summed E-state index contributed by atoms with van der Waals surface area (Å²) in [5.41, 5.74) is 5.97. The molecule has 0 fully saturated rings. The SMILES string of the molecule is C=C/C(Br)=C(\N=C(/N)Cl)NCCCCOc1cc([N+](C)=O)ccc1SC. The Labute approximate surface area is 171 Å². The van der Waals surface area contributed by atoms with Gasteiger partial charge in [0.15, 0.2) is 12.3 Å². The van der Waals surface area contributed by atoms with E-state index in [0.717, 1.165) is 28.2 Å². The average Bonchev–Trinajstić information content (AvgIpc) is 2.62.